The van der Waals surface area contributed by atoms with Crippen molar-refractivity contribution in [2.45, 2.75) is 0 Å². The van der Waals surface area contributed by atoms with Gasteiger partial charge in [0.15, 0.2) is 0 Å². The van der Waals surface area contributed by atoms with E-state index in [1.165, 1.54) is 0 Å². The van der Waals surface area contributed by atoms with Crippen LogP contribution in [0.3, 0.4) is 0 Å². The predicted octanol–water partition coefficient (Wildman–Crippen LogP) is 2.32. The molecule has 0 saturated heterocycles. The van der Waals surface area contributed by atoms with Crippen molar-refractivity contribution in [3.63, 3.8) is 0 Å². The Balaban J connectivity index is 2.51. The highest BCUT2D eigenvalue weighted by molar-refractivity contribution is 5.79. The van der Waals surface area contributed by atoms with Crippen LogP contribution in [0.1, 0.15) is 0 Å². The second-order valence-electron chi connectivity index (χ2n) is 3.62. The van der Waals surface area contributed by atoms with Gasteiger partial charge in [-0.1, -0.05) is 0 Å². The number of nitrogens with two attached hydrogens (primary N) is 1. The van der Waals surface area contributed by atoms with E-state index in [1.54, 1.807) is 0 Å². The molecule has 0 aliphatic heterocycles. The molecule has 0 fully saturated rings. The Bertz CT molecular complexity index is 471. The molecule has 2 rings (SSSR count). The van der Waals surface area contributed by atoms with Crippen LogP contribution >= 0.6 is 0 Å². The Labute approximate surface area is 89.5 Å². The van der Waals surface area contributed by atoms with E-state index in [0.717, 1.165) is 22.5 Å². The third-order valence-electron chi connectivity index (χ3n) is 2.48. The van der Waals surface area contributed by atoms with Gasteiger partial charge >= 0.3 is 0 Å². The number of hydrogen-bond acceptors (Lipinski definition) is 2. The molecule has 1 heterocycles. The Kier molecular flexibility index (Phi) is 2.37. The van der Waals surface area contributed by atoms with Gasteiger partial charge in [0.05, 0.1) is 0 Å². The van der Waals surface area contributed by atoms with E-state index >= 15 is 0 Å². The second kappa shape index (κ2) is 3.69. The molecule has 3 heteroatoms. The summed E-state index contributed by atoms with van der Waals surface area (Å²) in [4.78, 5) is 0. The van der Waals surface area contributed by atoms with E-state index in [0.29, 0.717) is 0 Å². The summed E-state index contributed by atoms with van der Waals surface area (Å²) < 4.78 is 2.01. The molecule has 15 heavy (non-hydrogen) atoms. The van der Waals surface area contributed by atoms with E-state index in [-0.39, 0.29) is 0 Å². The molecular weight excluding hydrogens is 186 g/mol. The minimum atomic E-state index is 0.806. The lowest BCUT2D eigenvalue weighted by Crippen LogP contribution is -1.93. The van der Waals surface area contributed by atoms with E-state index in [4.69, 9.17) is 5.73 Å². The topological polar surface area (TPSA) is 43.0 Å². The summed E-state index contributed by atoms with van der Waals surface area (Å²) in [5, 5.41) is 3.11. The number of nitrogen functional groups attached to an aromatic ring is 1. The number of hydrogen-bond donors (Lipinski definition) is 2. The van der Waals surface area contributed by atoms with Crippen molar-refractivity contribution >= 4 is 11.4 Å². The van der Waals surface area contributed by atoms with Gasteiger partial charge < -0.3 is 15.6 Å². The molecule has 0 aliphatic rings. The molecule has 1 aromatic carbocycles. The quantitative estimate of drug-likeness (QED) is 0.732. The molecule has 0 spiro atoms. The summed E-state index contributed by atoms with van der Waals surface area (Å²) >= 11 is 0. The third kappa shape index (κ3) is 1.81. The fourth-order valence-corrected chi connectivity index (χ4v) is 1.62. The van der Waals surface area contributed by atoms with Gasteiger partial charge in [0.2, 0.25) is 0 Å². The molecule has 1 aromatic heterocycles. The van der Waals surface area contributed by atoms with Crippen LogP contribution in [0.15, 0.2) is 36.7 Å². The van der Waals surface area contributed by atoms with Crippen molar-refractivity contribution in [1.82, 2.24) is 4.57 Å². The van der Waals surface area contributed by atoms with Crippen molar-refractivity contribution < 1.29 is 0 Å². The van der Waals surface area contributed by atoms with Gasteiger partial charge in [0.25, 0.3) is 0 Å². The van der Waals surface area contributed by atoms with Gasteiger partial charge in [-0.05, 0) is 24.3 Å². The van der Waals surface area contributed by atoms with Crippen LogP contribution in [0.25, 0.3) is 11.1 Å². The standard InChI is InChI=1S/C12H15N3/c1-14-10-3-4-12(13)11(7-10)9-5-6-15(2)8-9/h3-8,14H,13H2,1-2H3. The molecule has 0 bridgehead atoms. The summed E-state index contributed by atoms with van der Waals surface area (Å²) in [7, 11) is 3.90. The Hall–Kier alpha value is -1.90. The first-order valence-electron chi connectivity index (χ1n) is 4.90. The minimum Gasteiger partial charge on any atom is -0.398 e. The van der Waals surface area contributed by atoms with Crippen LogP contribution in [0.4, 0.5) is 11.4 Å². The number of benzene rings is 1. The zero-order valence-electron chi connectivity index (χ0n) is 8.99. The van der Waals surface area contributed by atoms with Crippen molar-refractivity contribution in [3.8, 4) is 11.1 Å². The normalized spacial score (nSPS) is 10.3. The maximum Gasteiger partial charge on any atom is 0.0395 e. The molecule has 0 aliphatic carbocycles. The highest BCUT2D eigenvalue weighted by Gasteiger charge is 2.04. The highest BCUT2D eigenvalue weighted by atomic mass is 14.9. The van der Waals surface area contributed by atoms with Crippen LogP contribution in [0.5, 0.6) is 0 Å². The van der Waals surface area contributed by atoms with Crippen molar-refractivity contribution in [3.05, 3.63) is 36.7 Å². The van der Waals surface area contributed by atoms with E-state index < -0.39 is 0 Å². The van der Waals surface area contributed by atoms with Crippen molar-refractivity contribution in [2.75, 3.05) is 18.1 Å². The largest absolute Gasteiger partial charge is 0.398 e. The monoisotopic (exact) mass is 201 g/mol. The molecule has 0 atom stereocenters. The number of rotatable bonds is 2. The highest BCUT2D eigenvalue weighted by Crippen LogP contribution is 2.28. The number of nitrogens with one attached hydrogen (secondary N) is 1. The zero-order chi connectivity index (χ0) is 10.8. The SMILES string of the molecule is CNc1ccc(N)c(-c2ccn(C)c2)c1. The number of aryl methyl sites for hydroxylation is 1. The molecule has 2 aromatic rings. The summed E-state index contributed by atoms with van der Waals surface area (Å²) in [5.74, 6) is 0. The minimum absolute atomic E-state index is 0.806. The maximum atomic E-state index is 5.95. The first-order valence-corrected chi connectivity index (χ1v) is 4.90. The summed E-state index contributed by atoms with van der Waals surface area (Å²) in [6.45, 7) is 0. The van der Waals surface area contributed by atoms with Crippen LogP contribution in [0, 0.1) is 0 Å². The summed E-state index contributed by atoms with van der Waals surface area (Å²) in [6, 6.07) is 8.02. The molecular formula is C12H15N3. The van der Waals surface area contributed by atoms with Crippen LogP contribution in [-0.2, 0) is 7.05 Å². The van der Waals surface area contributed by atoms with Crippen molar-refractivity contribution in [2.24, 2.45) is 7.05 Å². The maximum absolute atomic E-state index is 5.95. The zero-order valence-corrected chi connectivity index (χ0v) is 8.99. The molecule has 78 valence electrons. The lowest BCUT2D eigenvalue weighted by Gasteiger charge is -2.06. The average molecular weight is 201 g/mol. The van der Waals surface area contributed by atoms with Crippen LogP contribution in [-0.4, -0.2) is 11.6 Å². The molecule has 0 unspecified atom stereocenters. The summed E-state index contributed by atoms with van der Waals surface area (Å²) in [5.41, 5.74) is 10.0. The van der Waals surface area contributed by atoms with Gasteiger partial charge in [-0.15, -0.1) is 0 Å². The molecule has 0 saturated carbocycles. The Morgan fingerprint density at radius 2 is 2.07 bits per heavy atom. The molecule has 0 radical (unpaired) electrons. The first-order chi connectivity index (χ1) is 7.20. The van der Waals surface area contributed by atoms with Gasteiger partial charge in [-0.2, -0.15) is 0 Å². The lowest BCUT2D eigenvalue weighted by molar-refractivity contribution is 0.928. The Morgan fingerprint density at radius 3 is 2.67 bits per heavy atom. The van der Waals surface area contributed by atoms with Crippen molar-refractivity contribution in [1.29, 1.82) is 0 Å². The molecule has 0 amide bonds. The van der Waals surface area contributed by atoms with Gasteiger partial charge in [0, 0.05) is 49.0 Å². The number of nitrogens with zero attached hydrogens (tertiary/aromatic N) is 1. The van der Waals surface area contributed by atoms with E-state index in [1.807, 2.05) is 37.0 Å². The van der Waals surface area contributed by atoms with Crippen LogP contribution < -0.4 is 11.1 Å². The molecule has 3 N–H and O–H groups in total. The Morgan fingerprint density at radius 1 is 1.27 bits per heavy atom. The second-order valence-corrected chi connectivity index (χ2v) is 3.62. The number of anilines is 2. The van der Waals surface area contributed by atoms with Gasteiger partial charge in [-0.25, -0.2) is 0 Å². The smallest absolute Gasteiger partial charge is 0.0395 e. The lowest BCUT2D eigenvalue weighted by atomic mass is 10.1. The average Bonchev–Trinajstić information content (AvgIpc) is 2.65. The third-order valence-corrected chi connectivity index (χ3v) is 2.48. The van der Waals surface area contributed by atoms with Gasteiger partial charge in [0.1, 0.15) is 0 Å². The fourth-order valence-electron chi connectivity index (χ4n) is 1.62. The fraction of sp³-hybridized carbons (Fsp3) is 0.167. The first kappa shape index (κ1) is 9.65. The summed E-state index contributed by atoms with van der Waals surface area (Å²) in [6.07, 6.45) is 4.08. The predicted molar refractivity (Wildman–Crippen MR) is 64.8 cm³/mol. The molecule has 3 nitrogen and oxygen atoms in total. The van der Waals surface area contributed by atoms with Crippen LogP contribution in [0.2, 0.25) is 0 Å². The number of aromatic nitrogens is 1. The van der Waals surface area contributed by atoms with E-state index in [2.05, 4.69) is 23.6 Å². The van der Waals surface area contributed by atoms with Gasteiger partial charge in [-0.3, -0.25) is 0 Å². The van der Waals surface area contributed by atoms with E-state index in [9.17, 15) is 0 Å².